The maximum Gasteiger partial charge on any atom is 0.290 e. The van der Waals surface area contributed by atoms with Gasteiger partial charge in [0.25, 0.3) is 6.47 Å². The van der Waals surface area contributed by atoms with Crippen molar-refractivity contribution >= 4 is 30.0 Å². The number of hydrogen-bond donors (Lipinski definition) is 2. The Kier molecular flexibility index (Phi) is 8.05. The minimum Gasteiger partial charge on any atom is -0.483 e. The van der Waals surface area contributed by atoms with E-state index in [1.165, 1.54) is 0 Å². The Labute approximate surface area is 185 Å². The number of carboxylic acid groups (broad SMARTS) is 1. The number of aromatic nitrogens is 3. The third-order valence-electron chi connectivity index (χ3n) is 5.52. The van der Waals surface area contributed by atoms with Crippen molar-refractivity contribution in [3.63, 3.8) is 0 Å². The van der Waals surface area contributed by atoms with Gasteiger partial charge < -0.3 is 19.9 Å². The van der Waals surface area contributed by atoms with Crippen LogP contribution in [0.25, 0.3) is 0 Å². The van der Waals surface area contributed by atoms with Crippen molar-refractivity contribution < 1.29 is 19.5 Å². The van der Waals surface area contributed by atoms with Gasteiger partial charge in [-0.25, -0.2) is 0 Å². The van der Waals surface area contributed by atoms with E-state index >= 15 is 0 Å². The molecular weight excluding hydrogens is 418 g/mol. The molecule has 1 aromatic carbocycles. The molecule has 0 bridgehead atoms. The van der Waals surface area contributed by atoms with E-state index in [-0.39, 0.29) is 24.3 Å². The molecule has 0 radical (unpaired) electrons. The third-order valence-corrected chi connectivity index (χ3v) is 6.68. The topological polar surface area (TPSA) is 117 Å². The van der Waals surface area contributed by atoms with E-state index in [4.69, 9.17) is 9.90 Å². The summed E-state index contributed by atoms with van der Waals surface area (Å²) in [4.78, 5) is 35.9. The molecule has 2 aliphatic heterocycles. The summed E-state index contributed by atoms with van der Waals surface area (Å²) in [6.07, 6.45) is 5.29. The molecule has 1 atom stereocenters. The minimum atomic E-state index is -0.527. The summed E-state index contributed by atoms with van der Waals surface area (Å²) in [6, 6.07) is 10.3. The van der Waals surface area contributed by atoms with Crippen LogP contribution in [0, 0.1) is 5.41 Å². The smallest absolute Gasteiger partial charge is 0.290 e. The fourth-order valence-corrected chi connectivity index (χ4v) is 5.04. The van der Waals surface area contributed by atoms with Gasteiger partial charge in [0.2, 0.25) is 11.8 Å². The van der Waals surface area contributed by atoms with Crippen LogP contribution in [-0.4, -0.2) is 73.7 Å². The zero-order chi connectivity index (χ0) is 22.1. The van der Waals surface area contributed by atoms with Gasteiger partial charge in [0.05, 0.1) is 5.41 Å². The molecule has 166 valence electrons. The fraction of sp³-hybridized carbons (Fsp3) is 0.476. The summed E-state index contributed by atoms with van der Waals surface area (Å²) in [5.74, 6) is 2.24. The Morgan fingerprint density at radius 1 is 1.23 bits per heavy atom. The average molecular weight is 446 g/mol. The van der Waals surface area contributed by atoms with Crippen LogP contribution in [0.1, 0.15) is 18.4 Å². The number of amides is 2. The molecule has 3 heterocycles. The van der Waals surface area contributed by atoms with Crippen molar-refractivity contribution in [2.75, 3.05) is 24.6 Å². The molecule has 0 saturated carbocycles. The van der Waals surface area contributed by atoms with Gasteiger partial charge in [-0.1, -0.05) is 30.3 Å². The van der Waals surface area contributed by atoms with Gasteiger partial charge >= 0.3 is 0 Å². The standard InChI is InChI=1S/C20H25N5O2S.CH2O2/c26-18(6-8-24-14-21-22-15-24)25-12-20(13-25,10-16-4-2-1-3-5-16)19(27)23-17-7-9-28-11-17;2-1-3/h1-5,14-15,17H,6-13H2,(H,23,27);1H,(H,2,3). The van der Waals surface area contributed by atoms with Gasteiger partial charge in [0.15, 0.2) is 0 Å². The lowest BCUT2D eigenvalue weighted by Crippen LogP contribution is -2.66. The molecule has 1 aromatic heterocycles. The highest BCUT2D eigenvalue weighted by Crippen LogP contribution is 2.36. The Bertz CT molecular complexity index is 850. The van der Waals surface area contributed by atoms with E-state index in [1.807, 2.05) is 30.0 Å². The molecule has 2 saturated heterocycles. The number of likely N-dealkylation sites (tertiary alicyclic amines) is 1. The first-order chi connectivity index (χ1) is 15.1. The summed E-state index contributed by atoms with van der Waals surface area (Å²) in [5.41, 5.74) is 0.607. The minimum absolute atomic E-state index is 0.0709. The van der Waals surface area contributed by atoms with Crippen LogP contribution in [0.2, 0.25) is 0 Å². The summed E-state index contributed by atoms with van der Waals surface area (Å²) >= 11 is 1.88. The zero-order valence-electron chi connectivity index (χ0n) is 17.2. The van der Waals surface area contributed by atoms with Crippen molar-refractivity contribution in [3.05, 3.63) is 48.5 Å². The van der Waals surface area contributed by atoms with Crippen molar-refractivity contribution in [2.45, 2.75) is 31.8 Å². The van der Waals surface area contributed by atoms with E-state index in [1.54, 1.807) is 22.1 Å². The number of nitrogens with one attached hydrogen (secondary N) is 1. The van der Waals surface area contributed by atoms with Gasteiger partial charge in [-0.05, 0) is 24.2 Å². The number of thioether (sulfide) groups is 1. The summed E-state index contributed by atoms with van der Waals surface area (Å²) in [5, 5.41) is 17.6. The Balaban J connectivity index is 0.000000858. The molecule has 9 nitrogen and oxygen atoms in total. The highest BCUT2D eigenvalue weighted by molar-refractivity contribution is 7.99. The van der Waals surface area contributed by atoms with Crippen LogP contribution in [0.3, 0.4) is 0 Å². The molecule has 2 aromatic rings. The van der Waals surface area contributed by atoms with Crippen LogP contribution < -0.4 is 5.32 Å². The maximum atomic E-state index is 13.1. The van der Waals surface area contributed by atoms with E-state index in [0.29, 0.717) is 32.5 Å². The first-order valence-electron chi connectivity index (χ1n) is 10.2. The quantitative estimate of drug-likeness (QED) is 0.612. The maximum absolute atomic E-state index is 13.1. The Morgan fingerprint density at radius 3 is 2.52 bits per heavy atom. The predicted octanol–water partition coefficient (Wildman–Crippen LogP) is 1.06. The molecule has 2 amide bonds. The lowest BCUT2D eigenvalue weighted by atomic mass is 9.73. The van der Waals surface area contributed by atoms with Crippen LogP contribution in [0.15, 0.2) is 43.0 Å². The van der Waals surface area contributed by atoms with E-state index in [9.17, 15) is 9.59 Å². The number of benzene rings is 1. The molecule has 10 heteroatoms. The molecule has 1 unspecified atom stereocenters. The second kappa shape index (κ2) is 10.9. The molecule has 0 spiro atoms. The number of rotatable bonds is 7. The largest absolute Gasteiger partial charge is 0.483 e. The van der Waals surface area contributed by atoms with Gasteiger partial charge in [0, 0.05) is 37.8 Å². The SMILES string of the molecule is O=C(CCn1cnnc1)N1CC(Cc2ccccc2)(C(=O)NC2CCSC2)C1.O=CO. The second-order valence-corrected chi connectivity index (χ2v) is 8.93. The zero-order valence-corrected chi connectivity index (χ0v) is 18.0. The van der Waals surface area contributed by atoms with Gasteiger partial charge in [-0.3, -0.25) is 14.4 Å². The summed E-state index contributed by atoms with van der Waals surface area (Å²) < 4.78 is 1.79. The summed E-state index contributed by atoms with van der Waals surface area (Å²) in [7, 11) is 0. The molecule has 2 fully saturated rings. The normalized spacial score (nSPS) is 19.0. The molecular formula is C21H27N5O4S. The number of carbonyl (C=O) groups is 3. The van der Waals surface area contributed by atoms with Crippen molar-refractivity contribution in [1.82, 2.24) is 25.0 Å². The molecule has 31 heavy (non-hydrogen) atoms. The highest BCUT2D eigenvalue weighted by atomic mass is 32.2. The van der Waals surface area contributed by atoms with Crippen LogP contribution in [0.5, 0.6) is 0 Å². The number of hydrogen-bond acceptors (Lipinski definition) is 6. The molecule has 2 aliphatic rings. The van der Waals surface area contributed by atoms with Crippen LogP contribution in [0.4, 0.5) is 0 Å². The van der Waals surface area contributed by atoms with Crippen LogP contribution in [-0.2, 0) is 27.3 Å². The van der Waals surface area contributed by atoms with Crippen molar-refractivity contribution in [2.24, 2.45) is 5.41 Å². The molecule has 4 rings (SSSR count). The first kappa shape index (κ1) is 22.8. The highest BCUT2D eigenvalue weighted by Gasteiger charge is 2.51. The van der Waals surface area contributed by atoms with Crippen LogP contribution >= 0.6 is 11.8 Å². The van der Waals surface area contributed by atoms with Gasteiger partial charge in [0.1, 0.15) is 12.7 Å². The Hall–Kier alpha value is -2.88. The lowest BCUT2D eigenvalue weighted by molar-refractivity contribution is -0.154. The fourth-order valence-electron chi connectivity index (χ4n) is 3.89. The molecule has 2 N–H and O–H groups in total. The van der Waals surface area contributed by atoms with E-state index < -0.39 is 5.41 Å². The lowest BCUT2D eigenvalue weighted by Gasteiger charge is -2.49. The number of aryl methyl sites for hydroxylation is 1. The third kappa shape index (κ3) is 6.06. The predicted molar refractivity (Wildman–Crippen MR) is 116 cm³/mol. The van der Waals surface area contributed by atoms with Gasteiger partial charge in [-0.2, -0.15) is 11.8 Å². The summed E-state index contributed by atoms with van der Waals surface area (Å²) in [6.45, 7) is 1.27. The van der Waals surface area contributed by atoms with E-state index in [0.717, 1.165) is 23.5 Å². The van der Waals surface area contributed by atoms with Crippen molar-refractivity contribution in [1.29, 1.82) is 0 Å². The van der Waals surface area contributed by atoms with Crippen molar-refractivity contribution in [3.8, 4) is 0 Å². The molecule has 0 aliphatic carbocycles. The average Bonchev–Trinajstić information content (AvgIpc) is 3.44. The monoisotopic (exact) mass is 445 g/mol. The number of nitrogens with zero attached hydrogens (tertiary/aromatic N) is 4. The number of carbonyl (C=O) groups excluding carboxylic acids is 2. The van der Waals surface area contributed by atoms with E-state index in [2.05, 4.69) is 27.6 Å². The second-order valence-electron chi connectivity index (χ2n) is 7.78. The first-order valence-corrected chi connectivity index (χ1v) is 11.3. The van der Waals surface area contributed by atoms with Gasteiger partial charge in [-0.15, -0.1) is 10.2 Å². The Morgan fingerprint density at radius 2 is 1.90 bits per heavy atom.